The minimum atomic E-state index is -3.65. The van der Waals surface area contributed by atoms with Gasteiger partial charge in [-0.1, -0.05) is 26.0 Å². The van der Waals surface area contributed by atoms with Gasteiger partial charge in [-0.25, -0.2) is 32.1 Å². The Bertz CT molecular complexity index is 1530. The molecule has 16 heteroatoms. The van der Waals surface area contributed by atoms with Gasteiger partial charge in [0.15, 0.2) is 0 Å². The van der Waals surface area contributed by atoms with Gasteiger partial charge in [-0.05, 0) is 30.2 Å². The van der Waals surface area contributed by atoms with E-state index in [2.05, 4.69) is 19.9 Å². The van der Waals surface area contributed by atoms with Gasteiger partial charge in [0.1, 0.15) is 11.9 Å². The zero-order chi connectivity index (χ0) is 33.2. The third-order valence-electron chi connectivity index (χ3n) is 6.13. The second-order valence-electron chi connectivity index (χ2n) is 10.2. The molecule has 3 aromatic rings. The molecule has 0 aliphatic carbocycles. The normalized spacial score (nSPS) is 13.7. The Morgan fingerprint density at radius 1 is 1.14 bits per heavy atom. The first-order valence-electron chi connectivity index (χ1n) is 13.3. The van der Waals surface area contributed by atoms with Gasteiger partial charge in [0.25, 0.3) is 0 Å². The molecule has 0 saturated heterocycles. The molecule has 0 radical (unpaired) electrons. The molecule has 0 aliphatic rings. The van der Waals surface area contributed by atoms with Crippen LogP contribution in [0.1, 0.15) is 49.6 Å². The van der Waals surface area contributed by atoms with Crippen LogP contribution in [0.4, 0.5) is 10.3 Å². The first-order chi connectivity index (χ1) is 20.5. The Hall–Kier alpha value is -4.25. The number of nitrogens with two attached hydrogens (primary N) is 1. The van der Waals surface area contributed by atoms with Crippen molar-refractivity contribution in [3.05, 3.63) is 65.6 Å². The summed E-state index contributed by atoms with van der Waals surface area (Å²) in [7, 11) is -2.33. The smallest absolute Gasteiger partial charge is 0.320 e. The lowest BCUT2D eigenvalue weighted by Gasteiger charge is -2.20. The van der Waals surface area contributed by atoms with Gasteiger partial charge in [-0.3, -0.25) is 9.59 Å². The van der Waals surface area contributed by atoms with Crippen LogP contribution in [0.5, 0.6) is 0 Å². The van der Waals surface area contributed by atoms with Gasteiger partial charge >= 0.3 is 11.9 Å². The molecule has 14 nitrogen and oxygen atoms in total. The Balaban J connectivity index is 0.000000514. The molecule has 0 amide bonds. The fourth-order valence-electron chi connectivity index (χ4n) is 3.77. The number of benzene rings is 1. The van der Waals surface area contributed by atoms with Crippen LogP contribution in [0.2, 0.25) is 0 Å². The van der Waals surface area contributed by atoms with E-state index in [1.165, 1.54) is 49.8 Å². The lowest BCUT2D eigenvalue weighted by Crippen LogP contribution is -2.32. The van der Waals surface area contributed by atoms with Gasteiger partial charge in [-0.2, -0.15) is 0 Å². The summed E-state index contributed by atoms with van der Waals surface area (Å²) in [6.07, 6.45) is 4.19. The Kier molecular flexibility index (Phi) is 13.1. The first-order valence-corrected chi connectivity index (χ1v) is 15.2. The van der Waals surface area contributed by atoms with Crippen LogP contribution >= 0.6 is 0 Å². The predicted octanol–water partition coefficient (Wildman–Crippen LogP) is 1.77. The summed E-state index contributed by atoms with van der Waals surface area (Å²) in [5, 5.41) is 37.2. The quantitative estimate of drug-likeness (QED) is 0.158. The molecule has 3 atom stereocenters. The minimum Gasteiger partial charge on any atom is -0.481 e. The minimum absolute atomic E-state index is 0.0601. The van der Waals surface area contributed by atoms with E-state index >= 15 is 0 Å². The largest absolute Gasteiger partial charge is 0.481 e. The van der Waals surface area contributed by atoms with Crippen molar-refractivity contribution in [2.45, 2.75) is 57.3 Å². The summed E-state index contributed by atoms with van der Waals surface area (Å²) in [6, 6.07) is 4.64. The van der Waals surface area contributed by atoms with Crippen molar-refractivity contribution < 1.29 is 42.8 Å². The lowest BCUT2D eigenvalue weighted by atomic mass is 9.97. The number of carboxylic acids is 2. The molecule has 3 rings (SSSR count). The Morgan fingerprint density at radius 2 is 1.77 bits per heavy atom. The number of aromatic nitrogens is 4. The van der Waals surface area contributed by atoms with E-state index in [4.69, 9.17) is 15.9 Å². The number of anilines is 1. The summed E-state index contributed by atoms with van der Waals surface area (Å²) >= 11 is 0. The SMILES string of the molecule is CC(C)c1nc(N(C)S(C)(=O)=O)nc(-c2ccc(F)cc2)c1/C=C/[C@@H](O)C[C@@H](O)CC(=O)O.NC(Cc1cnc[nH]1)C(=O)O. The molecule has 44 heavy (non-hydrogen) atoms. The number of rotatable bonds is 13. The molecule has 0 aliphatic heterocycles. The average molecular weight is 637 g/mol. The second kappa shape index (κ2) is 16.0. The first kappa shape index (κ1) is 35.9. The fourth-order valence-corrected chi connectivity index (χ4v) is 4.14. The van der Waals surface area contributed by atoms with E-state index in [0.29, 0.717) is 22.5 Å². The topological polar surface area (TPSA) is 233 Å². The Labute approximate surface area is 254 Å². The summed E-state index contributed by atoms with van der Waals surface area (Å²) < 4.78 is 38.6. The zero-order valence-electron chi connectivity index (χ0n) is 24.6. The van der Waals surface area contributed by atoms with Crippen molar-refractivity contribution >= 4 is 34.0 Å². The molecule has 0 fully saturated rings. The fraction of sp³-hybridized carbons (Fsp3) is 0.393. The number of carboxylic acid groups (broad SMARTS) is 2. The van der Waals surface area contributed by atoms with Crippen LogP contribution in [-0.2, 0) is 26.0 Å². The van der Waals surface area contributed by atoms with Crippen LogP contribution in [0.25, 0.3) is 17.3 Å². The number of halogens is 1. The van der Waals surface area contributed by atoms with Gasteiger partial charge in [0, 0.05) is 42.9 Å². The van der Waals surface area contributed by atoms with Crippen LogP contribution in [0.3, 0.4) is 0 Å². The maximum absolute atomic E-state index is 13.5. The molecule has 1 unspecified atom stereocenters. The second-order valence-corrected chi connectivity index (χ2v) is 12.2. The van der Waals surface area contributed by atoms with E-state index in [0.717, 1.165) is 16.3 Å². The highest BCUT2D eigenvalue weighted by atomic mass is 32.2. The number of hydrogen-bond acceptors (Lipinski definition) is 10. The van der Waals surface area contributed by atoms with Crippen molar-refractivity contribution in [3.8, 4) is 11.3 Å². The van der Waals surface area contributed by atoms with Crippen LogP contribution < -0.4 is 10.0 Å². The standard InChI is InChI=1S/C22H28FN3O6S.C6H9N3O2/c1-13(2)20-18(10-9-16(27)11-17(28)12-19(29)30)21(14-5-7-15(23)8-6-14)25-22(24-20)26(3)33(4,31)32;7-5(6(10)11)1-4-2-8-3-9-4/h5-10,13,16-17,27-28H,11-12H2,1-4H3,(H,29,30);2-3,5H,1,7H2,(H,8,9)(H,10,11)/b10-9+;/t16-,17-;/m1./s1. The highest BCUT2D eigenvalue weighted by Gasteiger charge is 2.22. The molecule has 0 spiro atoms. The summed E-state index contributed by atoms with van der Waals surface area (Å²) in [6.45, 7) is 3.71. The number of aliphatic carboxylic acids is 2. The maximum atomic E-state index is 13.5. The van der Waals surface area contributed by atoms with Crippen LogP contribution in [0, 0.1) is 5.82 Å². The van der Waals surface area contributed by atoms with Crippen molar-refractivity contribution in [1.29, 1.82) is 0 Å². The number of hydrogen-bond donors (Lipinski definition) is 6. The highest BCUT2D eigenvalue weighted by molar-refractivity contribution is 7.92. The summed E-state index contributed by atoms with van der Waals surface area (Å²) in [4.78, 5) is 36.3. The van der Waals surface area contributed by atoms with Crippen molar-refractivity contribution in [2.75, 3.05) is 17.6 Å². The summed E-state index contributed by atoms with van der Waals surface area (Å²) in [5.74, 6) is -2.87. The molecule has 0 bridgehead atoms. The van der Waals surface area contributed by atoms with Gasteiger partial charge in [0.05, 0.1) is 42.6 Å². The zero-order valence-corrected chi connectivity index (χ0v) is 25.4. The number of imidazole rings is 1. The number of H-pyrrole nitrogens is 1. The van der Waals surface area contributed by atoms with E-state index in [9.17, 15) is 32.6 Å². The van der Waals surface area contributed by atoms with E-state index in [1.54, 1.807) is 6.20 Å². The number of nitrogens with zero attached hydrogens (tertiary/aromatic N) is 4. The van der Waals surface area contributed by atoms with Gasteiger partial charge in [-0.15, -0.1) is 0 Å². The lowest BCUT2D eigenvalue weighted by molar-refractivity contribution is -0.140. The third-order valence-corrected chi connectivity index (χ3v) is 7.29. The van der Waals surface area contributed by atoms with E-state index in [-0.39, 0.29) is 24.7 Å². The summed E-state index contributed by atoms with van der Waals surface area (Å²) in [5.41, 5.74) is 7.80. The van der Waals surface area contributed by atoms with Crippen LogP contribution in [0.15, 0.2) is 42.9 Å². The highest BCUT2D eigenvalue weighted by Crippen LogP contribution is 2.31. The molecule has 0 saturated carbocycles. The maximum Gasteiger partial charge on any atom is 0.320 e. The van der Waals surface area contributed by atoms with E-state index < -0.39 is 52.4 Å². The molecule has 240 valence electrons. The number of aliphatic hydroxyl groups is 2. The number of aliphatic hydroxyl groups excluding tert-OH is 2. The predicted molar refractivity (Wildman–Crippen MR) is 161 cm³/mol. The van der Waals surface area contributed by atoms with Crippen LogP contribution in [-0.4, -0.2) is 92.3 Å². The molecule has 7 N–H and O–H groups in total. The number of sulfonamides is 1. The molecule has 1 aromatic carbocycles. The number of aromatic amines is 1. The van der Waals surface area contributed by atoms with Gasteiger partial charge in [0.2, 0.25) is 16.0 Å². The van der Waals surface area contributed by atoms with Gasteiger partial charge < -0.3 is 31.1 Å². The monoisotopic (exact) mass is 636 g/mol. The van der Waals surface area contributed by atoms with Crippen molar-refractivity contribution in [2.24, 2.45) is 5.73 Å². The number of nitrogens with one attached hydrogen (secondary N) is 1. The van der Waals surface area contributed by atoms with E-state index in [1.807, 2.05) is 13.8 Å². The van der Waals surface area contributed by atoms with Crippen molar-refractivity contribution in [1.82, 2.24) is 19.9 Å². The molecular weight excluding hydrogens is 599 g/mol. The molecule has 2 heterocycles. The number of carbonyl (C=O) groups is 2. The Morgan fingerprint density at radius 3 is 2.27 bits per heavy atom. The molecular formula is C28H37FN6O8S. The average Bonchev–Trinajstić information content (AvgIpc) is 3.43. The van der Waals surface area contributed by atoms with Crippen molar-refractivity contribution in [3.63, 3.8) is 0 Å². The third kappa shape index (κ3) is 11.1. The molecule has 2 aromatic heterocycles.